The summed E-state index contributed by atoms with van der Waals surface area (Å²) >= 11 is 0. The monoisotopic (exact) mass is 281 g/mol. The van der Waals surface area contributed by atoms with Crippen LogP contribution in [0.5, 0.6) is 5.75 Å². The summed E-state index contributed by atoms with van der Waals surface area (Å²) in [7, 11) is 1.64. The van der Waals surface area contributed by atoms with Crippen molar-refractivity contribution in [3.8, 4) is 28.2 Å². The number of rotatable bonds is 3. The molecule has 0 bridgehead atoms. The standard InChI is InChI=1S/C16H15N3O2/c1-10-5-6-11(8-13(10)20-2)14-15(21-19-16(14)17)12-4-3-7-18-9-12/h3-9H,1-2H3,(H2,17,19). The van der Waals surface area contributed by atoms with Gasteiger partial charge in [0.15, 0.2) is 11.6 Å². The molecule has 0 aliphatic rings. The van der Waals surface area contributed by atoms with Crippen LogP contribution < -0.4 is 10.5 Å². The molecule has 0 saturated carbocycles. The maximum absolute atomic E-state index is 5.97. The summed E-state index contributed by atoms with van der Waals surface area (Å²) in [5, 5.41) is 3.88. The van der Waals surface area contributed by atoms with E-state index in [1.807, 2.05) is 37.3 Å². The Morgan fingerprint density at radius 2 is 2.05 bits per heavy atom. The first kappa shape index (κ1) is 13.2. The second-order valence-corrected chi connectivity index (χ2v) is 4.70. The fourth-order valence-electron chi connectivity index (χ4n) is 2.25. The van der Waals surface area contributed by atoms with Crippen LogP contribution in [0.4, 0.5) is 5.82 Å². The van der Waals surface area contributed by atoms with Crippen LogP contribution in [-0.2, 0) is 0 Å². The van der Waals surface area contributed by atoms with Gasteiger partial charge in [0.2, 0.25) is 0 Å². The third kappa shape index (κ3) is 2.33. The van der Waals surface area contributed by atoms with Crippen LogP contribution in [0.1, 0.15) is 5.56 Å². The molecular weight excluding hydrogens is 266 g/mol. The molecule has 0 saturated heterocycles. The predicted molar refractivity (Wildman–Crippen MR) is 80.9 cm³/mol. The van der Waals surface area contributed by atoms with Crippen molar-refractivity contribution in [1.82, 2.24) is 10.1 Å². The van der Waals surface area contributed by atoms with Crippen molar-refractivity contribution in [2.45, 2.75) is 6.92 Å². The lowest BCUT2D eigenvalue weighted by Gasteiger charge is -2.08. The van der Waals surface area contributed by atoms with Crippen molar-refractivity contribution in [3.63, 3.8) is 0 Å². The molecule has 5 nitrogen and oxygen atoms in total. The highest BCUT2D eigenvalue weighted by molar-refractivity contribution is 5.86. The molecule has 0 atom stereocenters. The fourth-order valence-corrected chi connectivity index (χ4v) is 2.25. The zero-order chi connectivity index (χ0) is 14.8. The van der Waals surface area contributed by atoms with Crippen LogP contribution in [0.3, 0.4) is 0 Å². The van der Waals surface area contributed by atoms with Gasteiger partial charge in [0, 0.05) is 18.0 Å². The topological polar surface area (TPSA) is 74.2 Å². The van der Waals surface area contributed by atoms with Gasteiger partial charge in [-0.1, -0.05) is 17.3 Å². The Hall–Kier alpha value is -2.82. The summed E-state index contributed by atoms with van der Waals surface area (Å²) in [6.07, 6.45) is 3.42. The molecular formula is C16H15N3O2. The zero-order valence-electron chi connectivity index (χ0n) is 11.8. The minimum atomic E-state index is 0.347. The number of nitrogens with two attached hydrogens (primary N) is 1. The number of methoxy groups -OCH3 is 1. The van der Waals surface area contributed by atoms with E-state index in [2.05, 4.69) is 10.1 Å². The summed E-state index contributed by atoms with van der Waals surface area (Å²) in [5.74, 6) is 1.75. The van der Waals surface area contributed by atoms with Crippen molar-refractivity contribution in [1.29, 1.82) is 0 Å². The van der Waals surface area contributed by atoms with Gasteiger partial charge >= 0.3 is 0 Å². The van der Waals surface area contributed by atoms with Crippen LogP contribution >= 0.6 is 0 Å². The van der Waals surface area contributed by atoms with Crippen molar-refractivity contribution >= 4 is 5.82 Å². The number of nitrogens with zero attached hydrogens (tertiary/aromatic N) is 2. The molecule has 106 valence electrons. The van der Waals surface area contributed by atoms with E-state index < -0.39 is 0 Å². The summed E-state index contributed by atoms with van der Waals surface area (Å²) in [4.78, 5) is 4.10. The summed E-state index contributed by atoms with van der Waals surface area (Å²) in [5.41, 5.74) is 9.51. The van der Waals surface area contributed by atoms with Gasteiger partial charge in [-0.3, -0.25) is 4.98 Å². The molecule has 0 amide bonds. The number of hydrogen-bond acceptors (Lipinski definition) is 5. The van der Waals surface area contributed by atoms with E-state index in [0.717, 1.165) is 28.0 Å². The van der Waals surface area contributed by atoms with Gasteiger partial charge in [-0.2, -0.15) is 0 Å². The average Bonchev–Trinajstić information content (AvgIpc) is 2.90. The van der Waals surface area contributed by atoms with Crippen molar-refractivity contribution < 1.29 is 9.26 Å². The molecule has 0 aliphatic heterocycles. The molecule has 2 heterocycles. The zero-order valence-corrected chi connectivity index (χ0v) is 11.8. The first-order valence-electron chi connectivity index (χ1n) is 6.51. The van der Waals surface area contributed by atoms with Crippen LogP contribution in [0.25, 0.3) is 22.5 Å². The Kier molecular flexibility index (Phi) is 3.31. The molecule has 0 fully saturated rings. The Bertz CT molecular complexity index is 766. The molecule has 0 aliphatic carbocycles. The van der Waals surface area contributed by atoms with E-state index in [1.165, 1.54) is 0 Å². The lowest BCUT2D eigenvalue weighted by Crippen LogP contribution is -1.92. The van der Waals surface area contributed by atoms with E-state index in [9.17, 15) is 0 Å². The number of aromatic nitrogens is 2. The van der Waals surface area contributed by atoms with Gasteiger partial charge in [-0.05, 0) is 36.2 Å². The van der Waals surface area contributed by atoms with Crippen LogP contribution in [0.15, 0.2) is 47.2 Å². The van der Waals surface area contributed by atoms with Gasteiger partial charge in [0.1, 0.15) is 5.75 Å². The largest absolute Gasteiger partial charge is 0.496 e. The molecule has 3 aromatic rings. The lowest BCUT2D eigenvalue weighted by atomic mass is 10.0. The maximum atomic E-state index is 5.97. The highest BCUT2D eigenvalue weighted by Crippen LogP contribution is 2.38. The van der Waals surface area contributed by atoms with E-state index in [0.29, 0.717) is 11.6 Å². The molecule has 21 heavy (non-hydrogen) atoms. The fraction of sp³-hybridized carbons (Fsp3) is 0.125. The smallest absolute Gasteiger partial charge is 0.178 e. The minimum absolute atomic E-state index is 0.347. The SMILES string of the molecule is COc1cc(-c2c(N)noc2-c2cccnc2)ccc1C. The number of benzene rings is 1. The minimum Gasteiger partial charge on any atom is -0.496 e. The van der Waals surface area contributed by atoms with Crippen molar-refractivity contribution in [2.75, 3.05) is 12.8 Å². The summed E-state index contributed by atoms with van der Waals surface area (Å²) < 4.78 is 10.7. The number of anilines is 1. The number of aryl methyl sites for hydroxylation is 1. The second-order valence-electron chi connectivity index (χ2n) is 4.70. The molecule has 2 aromatic heterocycles. The van der Waals surface area contributed by atoms with E-state index >= 15 is 0 Å². The van der Waals surface area contributed by atoms with Gasteiger partial charge in [-0.25, -0.2) is 0 Å². The van der Waals surface area contributed by atoms with E-state index in [-0.39, 0.29) is 0 Å². The molecule has 1 aromatic carbocycles. The Morgan fingerprint density at radius 3 is 2.76 bits per heavy atom. The average molecular weight is 281 g/mol. The third-order valence-electron chi connectivity index (χ3n) is 3.34. The van der Waals surface area contributed by atoms with E-state index in [4.69, 9.17) is 15.0 Å². The predicted octanol–water partition coefficient (Wildman–Crippen LogP) is 3.30. The summed E-state index contributed by atoms with van der Waals surface area (Å²) in [6.45, 7) is 1.99. The number of hydrogen-bond donors (Lipinski definition) is 1. The van der Waals surface area contributed by atoms with Crippen LogP contribution in [0.2, 0.25) is 0 Å². The normalized spacial score (nSPS) is 10.6. The van der Waals surface area contributed by atoms with Crippen molar-refractivity contribution in [2.24, 2.45) is 0 Å². The number of ether oxygens (including phenoxy) is 1. The van der Waals surface area contributed by atoms with Gasteiger partial charge in [-0.15, -0.1) is 0 Å². The maximum Gasteiger partial charge on any atom is 0.178 e. The summed E-state index contributed by atoms with van der Waals surface area (Å²) in [6, 6.07) is 9.63. The Balaban J connectivity index is 2.17. The van der Waals surface area contributed by atoms with Crippen molar-refractivity contribution in [3.05, 3.63) is 48.3 Å². The highest BCUT2D eigenvalue weighted by Gasteiger charge is 2.18. The first-order valence-corrected chi connectivity index (χ1v) is 6.51. The van der Waals surface area contributed by atoms with Gasteiger partial charge < -0.3 is 15.0 Å². The number of nitrogen functional groups attached to an aromatic ring is 1. The van der Waals surface area contributed by atoms with Crippen LogP contribution in [-0.4, -0.2) is 17.3 Å². The first-order chi connectivity index (χ1) is 10.2. The quantitative estimate of drug-likeness (QED) is 0.797. The molecule has 0 spiro atoms. The Morgan fingerprint density at radius 1 is 1.19 bits per heavy atom. The molecule has 5 heteroatoms. The van der Waals surface area contributed by atoms with Gasteiger partial charge in [0.05, 0.1) is 12.7 Å². The van der Waals surface area contributed by atoms with Gasteiger partial charge in [0.25, 0.3) is 0 Å². The molecule has 0 unspecified atom stereocenters. The highest BCUT2D eigenvalue weighted by atomic mass is 16.5. The van der Waals surface area contributed by atoms with E-state index in [1.54, 1.807) is 19.5 Å². The molecule has 2 N–H and O–H groups in total. The second kappa shape index (κ2) is 5.28. The van der Waals surface area contributed by atoms with Crippen LogP contribution in [0, 0.1) is 6.92 Å². The third-order valence-corrected chi connectivity index (χ3v) is 3.34. The molecule has 3 rings (SSSR count). The Labute approximate surface area is 122 Å². The lowest BCUT2D eigenvalue weighted by molar-refractivity contribution is 0.412. The number of pyridine rings is 1. The molecule has 0 radical (unpaired) electrons.